The van der Waals surface area contributed by atoms with Gasteiger partial charge in [-0.3, -0.25) is 4.99 Å². The fourth-order valence-electron chi connectivity index (χ4n) is 2.28. The van der Waals surface area contributed by atoms with E-state index >= 15 is 0 Å². The van der Waals surface area contributed by atoms with E-state index in [4.69, 9.17) is 34.8 Å². The number of carbonyl (C=O) groups is 1. The van der Waals surface area contributed by atoms with E-state index in [9.17, 15) is 9.18 Å². The summed E-state index contributed by atoms with van der Waals surface area (Å²) in [6, 6.07) is 8.37. The molecule has 1 aliphatic heterocycles. The molecule has 1 unspecified atom stereocenters. The van der Waals surface area contributed by atoms with Crippen molar-refractivity contribution in [3.8, 4) is 0 Å². The number of aliphatic imine (C=N–C) groups is 1. The normalized spacial score (nSPS) is 16.3. The second-order valence-electron chi connectivity index (χ2n) is 5.54. The summed E-state index contributed by atoms with van der Waals surface area (Å²) < 4.78 is 13.5. The number of hydrogen-bond donors (Lipinski definition) is 1. The summed E-state index contributed by atoms with van der Waals surface area (Å²) in [5.41, 5.74) is 0.883. The topological polar surface area (TPSA) is 44.7 Å². The smallest absolute Gasteiger partial charge is 0.307 e. The number of amides is 2. The second-order valence-corrected chi connectivity index (χ2v) is 8.17. The van der Waals surface area contributed by atoms with E-state index in [2.05, 4.69) is 10.3 Å². The summed E-state index contributed by atoms with van der Waals surface area (Å²) in [5, 5.41) is 4.13. The number of nitrogens with one attached hydrogen (secondary N) is 1. The molecule has 1 N–H and O–H groups in total. The fourth-order valence-corrected chi connectivity index (χ4v) is 3.70. The van der Waals surface area contributed by atoms with Crippen LogP contribution in [0.2, 0.25) is 15.1 Å². The molecular weight excluding hydrogens is 420 g/mol. The quantitative estimate of drug-likeness (QED) is 0.604. The van der Waals surface area contributed by atoms with Gasteiger partial charge >= 0.3 is 6.03 Å². The molecule has 9 heteroatoms. The predicted octanol–water partition coefficient (Wildman–Crippen LogP) is 6.32. The van der Waals surface area contributed by atoms with Crippen molar-refractivity contribution in [2.24, 2.45) is 4.99 Å². The Kier molecular flexibility index (Phi) is 5.97. The van der Waals surface area contributed by atoms with Crippen molar-refractivity contribution in [2.75, 3.05) is 16.8 Å². The molecule has 0 bridgehead atoms. The molecular formula is C17H13Cl3FN3OS. The molecule has 1 aliphatic rings. The first-order chi connectivity index (χ1) is 12.3. The van der Waals surface area contributed by atoms with Gasteiger partial charge in [0.15, 0.2) is 5.17 Å². The van der Waals surface area contributed by atoms with Gasteiger partial charge in [0.2, 0.25) is 0 Å². The van der Waals surface area contributed by atoms with Gasteiger partial charge in [-0.15, -0.1) is 0 Å². The zero-order valence-corrected chi connectivity index (χ0v) is 16.6. The maximum Gasteiger partial charge on any atom is 0.332 e. The standard InChI is InChI=1S/C17H13Cl3FN3OS/c1-9-8-22-17(26-9)24(11-3-5-15(21)14(20)7-11)16(25)23-10-2-4-12(18)13(19)6-10/h2-7,9H,8H2,1H3,(H,23,25). The highest BCUT2D eigenvalue weighted by Gasteiger charge is 2.28. The van der Waals surface area contributed by atoms with Crippen LogP contribution in [-0.4, -0.2) is 23.0 Å². The predicted molar refractivity (Wildman–Crippen MR) is 109 cm³/mol. The van der Waals surface area contributed by atoms with Crippen molar-refractivity contribution in [1.82, 2.24) is 0 Å². The van der Waals surface area contributed by atoms with Crippen LogP contribution in [-0.2, 0) is 0 Å². The molecule has 26 heavy (non-hydrogen) atoms. The van der Waals surface area contributed by atoms with Crippen molar-refractivity contribution < 1.29 is 9.18 Å². The Morgan fingerprint density at radius 3 is 2.58 bits per heavy atom. The van der Waals surface area contributed by atoms with Crippen LogP contribution in [0, 0.1) is 5.82 Å². The van der Waals surface area contributed by atoms with Crippen LogP contribution in [0.4, 0.5) is 20.6 Å². The Labute approximate surface area is 169 Å². The molecule has 3 rings (SSSR count). The van der Waals surface area contributed by atoms with Gasteiger partial charge in [-0.1, -0.05) is 53.5 Å². The highest BCUT2D eigenvalue weighted by atomic mass is 35.5. The van der Waals surface area contributed by atoms with E-state index in [1.165, 1.54) is 34.9 Å². The van der Waals surface area contributed by atoms with Crippen LogP contribution in [0.3, 0.4) is 0 Å². The van der Waals surface area contributed by atoms with Crippen LogP contribution in [0.15, 0.2) is 41.4 Å². The van der Waals surface area contributed by atoms with Crippen molar-refractivity contribution in [3.63, 3.8) is 0 Å². The lowest BCUT2D eigenvalue weighted by molar-refractivity contribution is 0.259. The van der Waals surface area contributed by atoms with E-state index in [0.717, 1.165) is 0 Å². The van der Waals surface area contributed by atoms with Gasteiger partial charge in [0.25, 0.3) is 0 Å². The van der Waals surface area contributed by atoms with Crippen LogP contribution in [0.5, 0.6) is 0 Å². The van der Waals surface area contributed by atoms with Gasteiger partial charge in [0, 0.05) is 10.9 Å². The molecule has 1 heterocycles. The molecule has 0 aromatic heterocycles. The van der Waals surface area contributed by atoms with Crippen LogP contribution in [0.1, 0.15) is 6.92 Å². The molecule has 0 radical (unpaired) electrons. The van der Waals surface area contributed by atoms with Crippen LogP contribution in [0.25, 0.3) is 0 Å². The third-order valence-corrected chi connectivity index (χ3v) is 5.62. The second kappa shape index (κ2) is 8.05. The van der Waals surface area contributed by atoms with Gasteiger partial charge in [-0.2, -0.15) is 0 Å². The number of anilines is 2. The summed E-state index contributed by atoms with van der Waals surface area (Å²) in [7, 11) is 0. The molecule has 2 aromatic rings. The molecule has 1 atom stereocenters. The number of urea groups is 1. The number of hydrogen-bond acceptors (Lipinski definition) is 3. The monoisotopic (exact) mass is 431 g/mol. The number of thioether (sulfide) groups is 1. The third kappa shape index (κ3) is 4.26. The summed E-state index contributed by atoms with van der Waals surface area (Å²) in [5.74, 6) is -0.561. The molecule has 0 saturated heterocycles. The van der Waals surface area contributed by atoms with E-state index < -0.39 is 11.8 Å². The van der Waals surface area contributed by atoms with E-state index in [1.807, 2.05) is 6.92 Å². The lowest BCUT2D eigenvalue weighted by Crippen LogP contribution is -2.38. The molecule has 136 valence electrons. The number of benzene rings is 2. The van der Waals surface area contributed by atoms with Gasteiger partial charge in [0.05, 0.1) is 27.3 Å². The SMILES string of the molecule is CC1CN=C(N(C(=O)Nc2ccc(Cl)c(Cl)c2)c2ccc(F)c(Cl)c2)S1. The first kappa shape index (κ1) is 19.3. The first-order valence-corrected chi connectivity index (χ1v) is 9.59. The zero-order valence-electron chi connectivity index (χ0n) is 13.5. The lowest BCUT2D eigenvalue weighted by atomic mass is 10.3. The Morgan fingerprint density at radius 2 is 1.96 bits per heavy atom. The first-order valence-electron chi connectivity index (χ1n) is 7.57. The van der Waals surface area contributed by atoms with Crippen molar-refractivity contribution >= 4 is 69.1 Å². The molecule has 4 nitrogen and oxygen atoms in total. The number of amidine groups is 1. The molecule has 0 fully saturated rings. The van der Waals surface area contributed by atoms with Crippen LogP contribution < -0.4 is 10.2 Å². The maximum absolute atomic E-state index is 13.5. The average Bonchev–Trinajstić information content (AvgIpc) is 3.00. The minimum atomic E-state index is -0.561. The van der Waals surface area contributed by atoms with Crippen molar-refractivity contribution in [3.05, 3.63) is 57.3 Å². The highest BCUT2D eigenvalue weighted by Crippen LogP contribution is 2.31. The van der Waals surface area contributed by atoms with Crippen LogP contribution >= 0.6 is 46.6 Å². The Bertz CT molecular complexity index is 894. The van der Waals surface area contributed by atoms with Gasteiger partial charge in [-0.05, 0) is 36.4 Å². The molecule has 0 saturated carbocycles. The van der Waals surface area contributed by atoms with Crippen molar-refractivity contribution in [2.45, 2.75) is 12.2 Å². The van der Waals surface area contributed by atoms with Gasteiger partial charge in [0.1, 0.15) is 5.82 Å². The third-order valence-electron chi connectivity index (χ3n) is 3.52. The number of halogens is 4. The maximum atomic E-state index is 13.5. The molecule has 0 spiro atoms. The number of rotatable bonds is 2. The fraction of sp³-hybridized carbons (Fsp3) is 0.176. The van der Waals surface area contributed by atoms with E-state index in [0.29, 0.717) is 33.1 Å². The Morgan fingerprint density at radius 1 is 1.19 bits per heavy atom. The highest BCUT2D eigenvalue weighted by molar-refractivity contribution is 8.15. The number of carbonyl (C=O) groups excluding carboxylic acids is 1. The minimum absolute atomic E-state index is 0.0773. The molecule has 2 aromatic carbocycles. The average molecular weight is 433 g/mol. The zero-order chi connectivity index (χ0) is 18.8. The Hall–Kier alpha value is -1.47. The largest absolute Gasteiger partial charge is 0.332 e. The lowest BCUT2D eigenvalue weighted by Gasteiger charge is -2.23. The molecule has 2 amide bonds. The number of nitrogens with zero attached hydrogens (tertiary/aromatic N) is 2. The Balaban J connectivity index is 1.93. The van der Waals surface area contributed by atoms with Gasteiger partial charge < -0.3 is 5.32 Å². The summed E-state index contributed by atoms with van der Waals surface area (Å²) in [6.07, 6.45) is 0. The van der Waals surface area contributed by atoms with E-state index in [1.54, 1.807) is 18.2 Å². The summed E-state index contributed by atoms with van der Waals surface area (Å²) in [6.45, 7) is 2.60. The summed E-state index contributed by atoms with van der Waals surface area (Å²) >= 11 is 19.2. The molecule has 0 aliphatic carbocycles. The summed E-state index contributed by atoms with van der Waals surface area (Å²) in [4.78, 5) is 18.7. The van der Waals surface area contributed by atoms with Gasteiger partial charge in [-0.25, -0.2) is 14.1 Å². The minimum Gasteiger partial charge on any atom is -0.307 e. The van der Waals surface area contributed by atoms with Crippen molar-refractivity contribution in [1.29, 1.82) is 0 Å². The van der Waals surface area contributed by atoms with E-state index in [-0.39, 0.29) is 10.3 Å².